The molecule has 0 spiro atoms. The highest BCUT2D eigenvalue weighted by atomic mass is 79.9. The smallest absolute Gasteiger partial charge is 0.312 e. The van der Waals surface area contributed by atoms with Crippen molar-refractivity contribution in [3.05, 3.63) is 32.8 Å². The van der Waals surface area contributed by atoms with Crippen molar-refractivity contribution < 1.29 is 14.4 Å². The van der Waals surface area contributed by atoms with Crippen LogP contribution in [0.1, 0.15) is 19.8 Å². The van der Waals surface area contributed by atoms with Crippen molar-refractivity contribution in [3.63, 3.8) is 0 Å². The quantitative estimate of drug-likeness (QED) is 0.599. The second-order valence-corrected chi connectivity index (χ2v) is 5.94. The van der Waals surface area contributed by atoms with Gasteiger partial charge in [0.05, 0.1) is 4.92 Å². The van der Waals surface area contributed by atoms with Crippen LogP contribution in [-0.2, 0) is 4.74 Å². The van der Waals surface area contributed by atoms with Crippen molar-refractivity contribution in [3.8, 4) is 5.75 Å². The molecule has 1 aromatic rings. The zero-order valence-corrected chi connectivity index (χ0v) is 13.6. The molecule has 3 unspecified atom stereocenters. The van der Waals surface area contributed by atoms with E-state index >= 15 is 0 Å². The van der Waals surface area contributed by atoms with Crippen LogP contribution in [0.2, 0.25) is 0 Å². The van der Waals surface area contributed by atoms with E-state index in [1.165, 1.54) is 6.07 Å². The lowest BCUT2D eigenvalue weighted by Crippen LogP contribution is -2.61. The fourth-order valence-electron chi connectivity index (χ4n) is 2.44. The average Bonchev–Trinajstić information content (AvgIpc) is 2.43. The van der Waals surface area contributed by atoms with Gasteiger partial charge in [-0.2, -0.15) is 0 Å². The largest absolute Gasteiger partial charge is 0.481 e. The first kappa shape index (κ1) is 16.2. The maximum absolute atomic E-state index is 11.1. The summed E-state index contributed by atoms with van der Waals surface area (Å²) in [7, 11) is 1.64. The van der Waals surface area contributed by atoms with Crippen LogP contribution in [0.3, 0.4) is 0 Å². The molecule has 0 bridgehead atoms. The summed E-state index contributed by atoms with van der Waals surface area (Å²) in [5.41, 5.74) is -0.0378. The van der Waals surface area contributed by atoms with Crippen LogP contribution in [-0.4, -0.2) is 36.8 Å². The Bertz CT molecular complexity index is 512. The number of methoxy groups -OCH3 is 1. The van der Waals surface area contributed by atoms with Gasteiger partial charge in [-0.3, -0.25) is 10.1 Å². The molecule has 0 amide bonds. The van der Waals surface area contributed by atoms with Crippen molar-refractivity contribution in [2.24, 2.45) is 0 Å². The van der Waals surface area contributed by atoms with Crippen molar-refractivity contribution >= 4 is 21.6 Å². The number of nitrogens with zero attached hydrogens (tertiary/aromatic N) is 1. The number of nitro groups is 1. The zero-order valence-electron chi connectivity index (χ0n) is 12.0. The number of ether oxygens (including phenoxy) is 2. The Labute approximate surface area is 132 Å². The molecule has 1 fully saturated rings. The molecule has 116 valence electrons. The van der Waals surface area contributed by atoms with Crippen LogP contribution >= 0.6 is 15.9 Å². The fraction of sp³-hybridized carbons (Fsp3) is 0.571. The summed E-state index contributed by atoms with van der Waals surface area (Å²) in [6, 6.07) is 5.04. The van der Waals surface area contributed by atoms with E-state index < -0.39 is 4.92 Å². The highest BCUT2D eigenvalue weighted by molar-refractivity contribution is 9.10. The summed E-state index contributed by atoms with van der Waals surface area (Å²) >= 11 is 3.23. The van der Waals surface area contributed by atoms with E-state index in [0.717, 1.165) is 19.4 Å². The monoisotopic (exact) mass is 358 g/mol. The first-order chi connectivity index (χ1) is 10.1. The number of nitro benzene ring substituents is 1. The van der Waals surface area contributed by atoms with Gasteiger partial charge in [0, 0.05) is 30.1 Å². The lowest BCUT2D eigenvalue weighted by Gasteiger charge is -2.43. The van der Waals surface area contributed by atoms with Gasteiger partial charge in [0.2, 0.25) is 0 Å². The van der Waals surface area contributed by atoms with Gasteiger partial charge in [-0.1, -0.05) is 22.9 Å². The van der Waals surface area contributed by atoms with Crippen LogP contribution in [0.4, 0.5) is 5.69 Å². The first-order valence-electron chi connectivity index (χ1n) is 6.93. The molecule has 1 saturated carbocycles. The van der Waals surface area contributed by atoms with Crippen molar-refractivity contribution in [2.75, 3.05) is 13.7 Å². The molecule has 3 atom stereocenters. The Balaban J connectivity index is 2.04. The minimum atomic E-state index is -0.437. The van der Waals surface area contributed by atoms with Gasteiger partial charge in [0.15, 0.2) is 5.75 Å². The van der Waals surface area contributed by atoms with E-state index in [2.05, 4.69) is 28.2 Å². The number of nitrogens with one attached hydrogen (secondary N) is 1. The molecule has 1 aliphatic rings. The van der Waals surface area contributed by atoms with Crippen LogP contribution < -0.4 is 10.1 Å². The van der Waals surface area contributed by atoms with Gasteiger partial charge < -0.3 is 14.8 Å². The summed E-state index contributed by atoms with van der Waals surface area (Å²) in [4.78, 5) is 10.6. The maximum atomic E-state index is 11.1. The molecule has 6 nitrogen and oxygen atoms in total. The number of rotatable bonds is 7. The summed E-state index contributed by atoms with van der Waals surface area (Å²) in [5, 5.41) is 14.5. The molecule has 7 heteroatoms. The highest BCUT2D eigenvalue weighted by Crippen LogP contribution is 2.35. The maximum Gasteiger partial charge on any atom is 0.312 e. The molecule has 1 aliphatic carbocycles. The van der Waals surface area contributed by atoms with E-state index in [-0.39, 0.29) is 29.7 Å². The average molecular weight is 359 g/mol. The van der Waals surface area contributed by atoms with E-state index in [1.54, 1.807) is 19.2 Å². The van der Waals surface area contributed by atoms with E-state index in [1.807, 2.05) is 0 Å². The van der Waals surface area contributed by atoms with E-state index in [9.17, 15) is 10.1 Å². The molecule has 1 aromatic carbocycles. The molecule has 0 aliphatic heterocycles. The first-order valence-corrected chi connectivity index (χ1v) is 7.73. The zero-order chi connectivity index (χ0) is 15.4. The second-order valence-electron chi connectivity index (χ2n) is 5.02. The molecular weight excluding hydrogens is 340 g/mol. The molecule has 0 saturated heterocycles. The summed E-state index contributed by atoms with van der Waals surface area (Å²) < 4.78 is 11.9. The Morgan fingerprint density at radius 2 is 2.29 bits per heavy atom. The second kappa shape index (κ2) is 7.20. The Hall–Kier alpha value is -1.18. The number of hydrogen-bond acceptors (Lipinski definition) is 5. The lowest BCUT2D eigenvalue weighted by molar-refractivity contribution is -0.386. The van der Waals surface area contributed by atoms with Gasteiger partial charge in [-0.05, 0) is 25.1 Å². The number of hydrogen-bond donors (Lipinski definition) is 1. The fourth-order valence-corrected chi connectivity index (χ4v) is 2.79. The Morgan fingerprint density at radius 1 is 1.52 bits per heavy atom. The third kappa shape index (κ3) is 3.72. The van der Waals surface area contributed by atoms with E-state index in [0.29, 0.717) is 4.47 Å². The summed E-state index contributed by atoms with van der Waals surface area (Å²) in [6.45, 7) is 3.03. The highest BCUT2D eigenvalue weighted by Gasteiger charge is 2.43. The topological polar surface area (TPSA) is 73.6 Å². The molecule has 21 heavy (non-hydrogen) atoms. The third-order valence-electron chi connectivity index (χ3n) is 3.57. The standard InChI is InChI=1S/C14H19BrN2O4/c1-3-6-16-10-8-13(14(10)20-2)21-12-5-4-9(15)7-11(12)17(18)19/h4-5,7,10,13-14,16H,3,6,8H2,1-2H3. The van der Waals surface area contributed by atoms with Crippen molar-refractivity contribution in [2.45, 2.75) is 38.0 Å². The van der Waals surface area contributed by atoms with Crippen LogP contribution in [0.15, 0.2) is 22.7 Å². The lowest BCUT2D eigenvalue weighted by atomic mass is 9.85. The molecule has 0 radical (unpaired) electrons. The SMILES string of the molecule is CCCNC1CC(Oc2ccc(Br)cc2[N+](=O)[O-])C1OC. The summed E-state index contributed by atoms with van der Waals surface area (Å²) in [6.07, 6.45) is 1.59. The van der Waals surface area contributed by atoms with E-state index in [4.69, 9.17) is 9.47 Å². The number of benzene rings is 1. The minimum absolute atomic E-state index is 0.0378. The molecular formula is C14H19BrN2O4. The van der Waals surface area contributed by atoms with Gasteiger partial charge in [0.25, 0.3) is 0 Å². The Morgan fingerprint density at radius 3 is 2.90 bits per heavy atom. The molecule has 0 heterocycles. The van der Waals surface area contributed by atoms with Gasteiger partial charge in [-0.25, -0.2) is 0 Å². The minimum Gasteiger partial charge on any atom is -0.481 e. The van der Waals surface area contributed by atoms with Crippen molar-refractivity contribution in [1.82, 2.24) is 5.32 Å². The van der Waals surface area contributed by atoms with Gasteiger partial charge >= 0.3 is 5.69 Å². The van der Waals surface area contributed by atoms with Gasteiger partial charge in [-0.15, -0.1) is 0 Å². The Kier molecular flexibility index (Phi) is 5.55. The predicted molar refractivity (Wildman–Crippen MR) is 82.7 cm³/mol. The van der Waals surface area contributed by atoms with Crippen LogP contribution in [0.5, 0.6) is 5.75 Å². The van der Waals surface area contributed by atoms with Crippen LogP contribution in [0.25, 0.3) is 0 Å². The normalized spacial score (nSPS) is 24.4. The third-order valence-corrected chi connectivity index (χ3v) is 4.07. The molecule has 1 N–H and O–H groups in total. The number of halogens is 1. The molecule has 2 rings (SSSR count). The predicted octanol–water partition coefficient (Wildman–Crippen LogP) is 2.89. The van der Waals surface area contributed by atoms with Gasteiger partial charge in [0.1, 0.15) is 12.2 Å². The molecule has 0 aromatic heterocycles. The summed E-state index contributed by atoms with van der Waals surface area (Å²) in [5.74, 6) is 0.282. The van der Waals surface area contributed by atoms with Crippen molar-refractivity contribution in [1.29, 1.82) is 0 Å². The van der Waals surface area contributed by atoms with Crippen LogP contribution in [0, 0.1) is 10.1 Å².